The molecule has 0 aliphatic carbocycles. The molecule has 0 saturated heterocycles. The normalized spacial score (nSPS) is 11.5. The fourth-order valence-corrected chi connectivity index (χ4v) is 4.00. The molecule has 0 aliphatic heterocycles. The van der Waals surface area contributed by atoms with Crippen LogP contribution in [0.15, 0.2) is 42.0 Å². The average molecular weight is 482 g/mol. The molecular weight excluding hydrogens is 454 g/mol. The van der Waals surface area contributed by atoms with Gasteiger partial charge in [-0.1, -0.05) is 12.1 Å². The summed E-state index contributed by atoms with van der Waals surface area (Å²) in [7, 11) is 0. The van der Waals surface area contributed by atoms with Gasteiger partial charge in [0.2, 0.25) is 0 Å². The molecule has 4 aromatic rings. The van der Waals surface area contributed by atoms with Crippen molar-refractivity contribution in [3.05, 3.63) is 64.4 Å². The molecule has 1 aromatic carbocycles. The van der Waals surface area contributed by atoms with Crippen LogP contribution in [0.4, 0.5) is 4.79 Å². The standard InChI is InChI=1S/C23H27N7O3S/c1-23(2,3)33-22(32)30(13-19-27-15-6-4-5-7-16(15)28-19)11-8-20-29-17(14-34-20)21(31)26-12-18-24-9-10-25-18/h4-7,9-10,14H,8,11-13H2,1-3H3,(H,24,25)(H,26,31)(H,27,28). The third kappa shape index (κ3) is 6.19. The smallest absolute Gasteiger partial charge is 0.410 e. The van der Waals surface area contributed by atoms with Gasteiger partial charge in [-0.05, 0) is 32.9 Å². The molecular formula is C23H27N7O3S. The van der Waals surface area contributed by atoms with Gasteiger partial charge < -0.3 is 24.9 Å². The Balaban J connectivity index is 1.40. The number of para-hydroxylation sites is 2. The van der Waals surface area contributed by atoms with Crippen molar-refractivity contribution in [1.82, 2.24) is 35.1 Å². The van der Waals surface area contributed by atoms with Crippen LogP contribution in [-0.4, -0.2) is 54.0 Å². The van der Waals surface area contributed by atoms with Crippen molar-refractivity contribution < 1.29 is 14.3 Å². The number of thiazole rings is 1. The molecule has 0 bridgehead atoms. The molecule has 0 unspecified atom stereocenters. The van der Waals surface area contributed by atoms with Gasteiger partial charge in [-0.2, -0.15) is 0 Å². The number of rotatable bonds is 8. The lowest BCUT2D eigenvalue weighted by Crippen LogP contribution is -2.38. The van der Waals surface area contributed by atoms with Crippen LogP contribution < -0.4 is 5.32 Å². The molecule has 0 radical (unpaired) electrons. The van der Waals surface area contributed by atoms with Gasteiger partial charge in [0.05, 0.1) is 29.1 Å². The molecule has 3 aromatic heterocycles. The second-order valence-corrected chi connectivity index (χ2v) is 9.64. The van der Waals surface area contributed by atoms with Gasteiger partial charge in [0.15, 0.2) is 0 Å². The third-order valence-corrected chi connectivity index (χ3v) is 5.69. The van der Waals surface area contributed by atoms with Gasteiger partial charge in [-0.15, -0.1) is 11.3 Å². The number of ether oxygens (including phenoxy) is 1. The number of hydrogen-bond acceptors (Lipinski definition) is 7. The minimum absolute atomic E-state index is 0.269. The lowest BCUT2D eigenvalue weighted by Gasteiger charge is -2.26. The van der Waals surface area contributed by atoms with Crippen LogP contribution in [0, 0.1) is 0 Å². The van der Waals surface area contributed by atoms with Crippen LogP contribution in [0.25, 0.3) is 11.0 Å². The summed E-state index contributed by atoms with van der Waals surface area (Å²) in [6.07, 6.45) is 3.38. The van der Waals surface area contributed by atoms with Crippen molar-refractivity contribution in [3.63, 3.8) is 0 Å². The third-order valence-electron chi connectivity index (χ3n) is 4.78. The molecule has 10 nitrogen and oxygen atoms in total. The van der Waals surface area contributed by atoms with Crippen LogP contribution in [0.2, 0.25) is 0 Å². The van der Waals surface area contributed by atoms with Crippen molar-refractivity contribution in [3.8, 4) is 0 Å². The monoisotopic (exact) mass is 481 g/mol. The van der Waals surface area contributed by atoms with E-state index in [-0.39, 0.29) is 12.5 Å². The lowest BCUT2D eigenvalue weighted by molar-refractivity contribution is 0.0231. The number of hydrogen-bond donors (Lipinski definition) is 3. The summed E-state index contributed by atoms with van der Waals surface area (Å²) in [6, 6.07) is 7.71. The van der Waals surface area contributed by atoms with Crippen LogP contribution in [0.3, 0.4) is 0 Å². The molecule has 3 N–H and O–H groups in total. The molecule has 34 heavy (non-hydrogen) atoms. The Bertz CT molecular complexity index is 1220. The van der Waals surface area contributed by atoms with Gasteiger partial charge >= 0.3 is 6.09 Å². The summed E-state index contributed by atoms with van der Waals surface area (Å²) in [4.78, 5) is 46.1. The van der Waals surface area contributed by atoms with E-state index < -0.39 is 11.7 Å². The first-order valence-corrected chi connectivity index (χ1v) is 11.8. The van der Waals surface area contributed by atoms with Crippen LogP contribution in [-0.2, 0) is 24.2 Å². The number of benzene rings is 1. The zero-order valence-electron chi connectivity index (χ0n) is 19.3. The van der Waals surface area contributed by atoms with Gasteiger partial charge in [-0.3, -0.25) is 4.79 Å². The molecule has 0 fully saturated rings. The number of nitrogens with zero attached hydrogens (tertiary/aromatic N) is 4. The molecule has 0 spiro atoms. The van der Waals surface area contributed by atoms with Gasteiger partial charge in [0.25, 0.3) is 5.91 Å². The summed E-state index contributed by atoms with van der Waals surface area (Å²) < 4.78 is 5.60. The van der Waals surface area contributed by atoms with E-state index in [4.69, 9.17) is 4.74 Å². The number of fused-ring (bicyclic) bond motifs is 1. The van der Waals surface area contributed by atoms with Crippen LogP contribution in [0.5, 0.6) is 0 Å². The minimum atomic E-state index is -0.621. The Morgan fingerprint density at radius 3 is 2.74 bits per heavy atom. The van der Waals surface area contributed by atoms with E-state index in [0.29, 0.717) is 36.9 Å². The summed E-state index contributed by atoms with van der Waals surface area (Å²) in [5.41, 5.74) is 1.47. The van der Waals surface area contributed by atoms with Gasteiger partial charge in [0, 0.05) is 30.7 Å². The maximum absolute atomic E-state index is 12.9. The predicted octanol–water partition coefficient (Wildman–Crippen LogP) is 3.65. The van der Waals surface area contributed by atoms with Crippen LogP contribution in [0.1, 0.15) is 47.9 Å². The van der Waals surface area contributed by atoms with Crippen molar-refractivity contribution >= 4 is 34.4 Å². The van der Waals surface area contributed by atoms with Crippen molar-refractivity contribution in [2.24, 2.45) is 0 Å². The van der Waals surface area contributed by atoms with E-state index >= 15 is 0 Å². The highest BCUT2D eigenvalue weighted by Crippen LogP contribution is 2.17. The maximum atomic E-state index is 12.9. The Kier molecular flexibility index (Phi) is 6.92. The molecule has 11 heteroatoms. The predicted molar refractivity (Wildman–Crippen MR) is 128 cm³/mol. The molecule has 0 saturated carbocycles. The first-order valence-electron chi connectivity index (χ1n) is 10.9. The first-order chi connectivity index (χ1) is 16.3. The van der Waals surface area contributed by atoms with E-state index in [1.54, 1.807) is 22.7 Å². The zero-order chi connectivity index (χ0) is 24.1. The second-order valence-electron chi connectivity index (χ2n) is 8.70. The number of carbonyl (C=O) groups excluding carboxylic acids is 2. The fraction of sp³-hybridized carbons (Fsp3) is 0.348. The Morgan fingerprint density at radius 1 is 1.18 bits per heavy atom. The SMILES string of the molecule is CC(C)(C)OC(=O)N(CCc1nc(C(=O)NCc2ncc[nH]2)cs1)Cc1nc2ccccc2[nH]1. The molecule has 2 amide bonds. The topological polar surface area (TPSA) is 129 Å². The number of imidazole rings is 2. The van der Waals surface area contributed by atoms with E-state index in [1.165, 1.54) is 11.3 Å². The van der Waals surface area contributed by atoms with E-state index in [9.17, 15) is 9.59 Å². The number of aromatic nitrogens is 5. The van der Waals surface area contributed by atoms with E-state index in [1.807, 2.05) is 45.0 Å². The quantitative estimate of drug-likeness (QED) is 0.352. The van der Waals surface area contributed by atoms with Crippen molar-refractivity contribution in [1.29, 1.82) is 0 Å². The Hall–Kier alpha value is -3.73. The maximum Gasteiger partial charge on any atom is 0.410 e. The van der Waals surface area contributed by atoms with Crippen LogP contribution >= 0.6 is 11.3 Å². The number of carbonyl (C=O) groups is 2. The molecule has 0 aliphatic rings. The molecule has 4 rings (SSSR count). The number of amides is 2. The molecule has 3 heterocycles. The highest BCUT2D eigenvalue weighted by atomic mass is 32.1. The van der Waals surface area contributed by atoms with Crippen molar-refractivity contribution in [2.45, 2.75) is 45.9 Å². The minimum Gasteiger partial charge on any atom is -0.444 e. The van der Waals surface area contributed by atoms with E-state index in [0.717, 1.165) is 16.0 Å². The zero-order valence-corrected chi connectivity index (χ0v) is 20.1. The molecule has 0 atom stereocenters. The number of H-pyrrole nitrogens is 2. The van der Waals surface area contributed by atoms with E-state index in [2.05, 4.69) is 30.2 Å². The summed E-state index contributed by atoms with van der Waals surface area (Å²) >= 11 is 1.38. The Labute approximate surface area is 200 Å². The number of nitrogens with one attached hydrogen (secondary N) is 3. The van der Waals surface area contributed by atoms with Gasteiger partial charge in [-0.25, -0.2) is 19.7 Å². The largest absolute Gasteiger partial charge is 0.444 e. The highest BCUT2D eigenvalue weighted by Gasteiger charge is 2.24. The second kappa shape index (κ2) is 10.0. The summed E-state index contributed by atoms with van der Waals surface area (Å²) in [5.74, 6) is 1.07. The lowest BCUT2D eigenvalue weighted by atomic mass is 10.2. The Morgan fingerprint density at radius 2 is 2.00 bits per heavy atom. The number of aromatic amines is 2. The molecule has 178 valence electrons. The van der Waals surface area contributed by atoms with Crippen molar-refractivity contribution in [2.75, 3.05) is 6.54 Å². The summed E-state index contributed by atoms with van der Waals surface area (Å²) in [5, 5.41) is 5.25. The average Bonchev–Trinajstić information content (AvgIpc) is 3.54. The highest BCUT2D eigenvalue weighted by molar-refractivity contribution is 7.09. The first kappa shape index (κ1) is 23.4. The van der Waals surface area contributed by atoms with Gasteiger partial charge in [0.1, 0.15) is 22.9 Å². The summed E-state index contributed by atoms with van der Waals surface area (Å²) in [6.45, 7) is 6.43. The fourth-order valence-electron chi connectivity index (χ4n) is 3.23.